The smallest absolute Gasteiger partial charge is 0.236 e. The number of hydrogen-bond acceptors (Lipinski definition) is 3. The lowest BCUT2D eigenvalue weighted by Crippen LogP contribution is -2.33. The first-order valence-corrected chi connectivity index (χ1v) is 6.51. The van der Waals surface area contributed by atoms with Crippen LogP contribution in [-0.4, -0.2) is 20.2 Å². The Balaban J connectivity index is 2.84. The summed E-state index contributed by atoms with van der Waals surface area (Å²) in [6, 6.07) is 5.13. The first-order valence-electron chi connectivity index (χ1n) is 4.97. The fraction of sp³-hybridized carbons (Fsp3) is 0.400. The molecule has 1 atom stereocenters. The Morgan fingerprint density at radius 2 is 1.94 bits per heavy atom. The molecule has 0 aromatic heterocycles. The van der Waals surface area contributed by atoms with E-state index in [1.807, 2.05) is 0 Å². The van der Waals surface area contributed by atoms with Crippen molar-refractivity contribution in [2.75, 3.05) is 11.3 Å². The molecule has 0 aliphatic carbocycles. The highest BCUT2D eigenvalue weighted by Gasteiger charge is 2.21. The molecule has 0 fully saturated rings. The summed E-state index contributed by atoms with van der Waals surface area (Å²) >= 11 is 0. The van der Waals surface area contributed by atoms with Crippen molar-refractivity contribution in [3.63, 3.8) is 0 Å². The lowest BCUT2D eigenvalue weighted by Gasteiger charge is -2.15. The van der Waals surface area contributed by atoms with Gasteiger partial charge in [-0.25, -0.2) is 12.8 Å². The first-order chi connectivity index (χ1) is 7.49. The summed E-state index contributed by atoms with van der Waals surface area (Å²) < 4.78 is 38.5. The first kappa shape index (κ1) is 12.9. The normalized spacial score (nSPS) is 13.4. The van der Waals surface area contributed by atoms with Crippen molar-refractivity contribution < 1.29 is 12.8 Å². The van der Waals surface area contributed by atoms with Crippen LogP contribution >= 0.6 is 0 Å². The summed E-state index contributed by atoms with van der Waals surface area (Å²) in [4.78, 5) is 0. The SMILES string of the molecule is CCC(CN)S(=O)(=O)Nc1ccc(F)cc1. The van der Waals surface area contributed by atoms with Crippen molar-refractivity contribution in [2.45, 2.75) is 18.6 Å². The number of halogens is 1. The Morgan fingerprint density at radius 3 is 2.38 bits per heavy atom. The predicted molar refractivity (Wildman–Crippen MR) is 62.1 cm³/mol. The van der Waals surface area contributed by atoms with Crippen molar-refractivity contribution >= 4 is 15.7 Å². The van der Waals surface area contributed by atoms with Gasteiger partial charge in [0.05, 0.1) is 5.25 Å². The van der Waals surface area contributed by atoms with Crippen molar-refractivity contribution in [1.29, 1.82) is 0 Å². The molecule has 0 spiro atoms. The molecule has 6 heteroatoms. The second-order valence-corrected chi connectivity index (χ2v) is 5.38. The molecule has 1 aromatic rings. The van der Waals surface area contributed by atoms with E-state index >= 15 is 0 Å². The van der Waals surface area contributed by atoms with Crippen LogP contribution in [0, 0.1) is 5.82 Å². The molecule has 0 bridgehead atoms. The largest absolute Gasteiger partial charge is 0.329 e. The van der Waals surface area contributed by atoms with Gasteiger partial charge in [0.25, 0.3) is 0 Å². The fourth-order valence-electron chi connectivity index (χ4n) is 1.28. The Bertz CT molecular complexity index is 427. The Labute approximate surface area is 94.7 Å². The Hall–Kier alpha value is -1.14. The third kappa shape index (κ3) is 3.18. The van der Waals surface area contributed by atoms with Gasteiger partial charge in [0, 0.05) is 12.2 Å². The lowest BCUT2D eigenvalue weighted by molar-refractivity contribution is 0.581. The molecule has 1 unspecified atom stereocenters. The van der Waals surface area contributed by atoms with Crippen molar-refractivity contribution in [3.8, 4) is 0 Å². The number of rotatable bonds is 5. The fourth-order valence-corrected chi connectivity index (χ4v) is 2.60. The third-order valence-electron chi connectivity index (χ3n) is 2.26. The van der Waals surface area contributed by atoms with Crippen molar-refractivity contribution in [1.82, 2.24) is 0 Å². The maximum absolute atomic E-state index is 12.6. The van der Waals surface area contributed by atoms with Crippen LogP contribution in [0.15, 0.2) is 24.3 Å². The molecular formula is C10H15FN2O2S. The molecule has 16 heavy (non-hydrogen) atoms. The Kier molecular flexibility index (Phi) is 4.26. The predicted octanol–water partition coefficient (Wildman–Crippen LogP) is 1.30. The highest BCUT2D eigenvalue weighted by atomic mass is 32.2. The molecule has 4 nitrogen and oxygen atoms in total. The maximum atomic E-state index is 12.6. The van der Waals surface area contributed by atoms with Gasteiger partial charge in [0.1, 0.15) is 5.82 Å². The van der Waals surface area contributed by atoms with Gasteiger partial charge in [-0.1, -0.05) is 6.92 Å². The molecular weight excluding hydrogens is 231 g/mol. The quantitative estimate of drug-likeness (QED) is 0.822. The van der Waals surface area contributed by atoms with Gasteiger partial charge in [0.2, 0.25) is 10.0 Å². The van der Waals surface area contributed by atoms with Gasteiger partial charge in [-0.15, -0.1) is 0 Å². The summed E-state index contributed by atoms with van der Waals surface area (Å²) in [7, 11) is -3.49. The van der Waals surface area contributed by atoms with Crippen LogP contribution < -0.4 is 10.5 Å². The molecule has 0 amide bonds. The maximum Gasteiger partial charge on any atom is 0.236 e. The van der Waals surface area contributed by atoms with E-state index in [1.54, 1.807) is 6.92 Å². The molecule has 0 heterocycles. The number of benzene rings is 1. The van der Waals surface area contributed by atoms with Gasteiger partial charge < -0.3 is 5.73 Å². The average molecular weight is 246 g/mol. The summed E-state index contributed by atoms with van der Waals surface area (Å²) in [6.07, 6.45) is 0.438. The highest BCUT2D eigenvalue weighted by molar-refractivity contribution is 7.93. The molecule has 3 N–H and O–H groups in total. The summed E-state index contributed by atoms with van der Waals surface area (Å²) in [5, 5.41) is -0.627. The van der Waals surface area contributed by atoms with Crippen LogP contribution in [-0.2, 0) is 10.0 Å². The zero-order valence-corrected chi connectivity index (χ0v) is 9.80. The number of nitrogens with one attached hydrogen (secondary N) is 1. The van der Waals surface area contributed by atoms with E-state index in [2.05, 4.69) is 4.72 Å². The molecule has 0 aliphatic rings. The monoisotopic (exact) mass is 246 g/mol. The summed E-state index contributed by atoms with van der Waals surface area (Å²) in [6.45, 7) is 1.81. The minimum absolute atomic E-state index is 0.0625. The number of anilines is 1. The minimum atomic E-state index is -3.49. The topological polar surface area (TPSA) is 72.2 Å². The van der Waals surface area contributed by atoms with Crippen molar-refractivity contribution in [2.24, 2.45) is 5.73 Å². The van der Waals surface area contributed by atoms with E-state index in [9.17, 15) is 12.8 Å². The number of hydrogen-bond donors (Lipinski definition) is 2. The number of nitrogens with two attached hydrogens (primary N) is 1. The zero-order chi connectivity index (χ0) is 12.2. The lowest BCUT2D eigenvalue weighted by atomic mass is 10.3. The number of sulfonamides is 1. The van der Waals surface area contributed by atoms with E-state index in [4.69, 9.17) is 5.73 Å². The van der Waals surface area contributed by atoms with E-state index in [0.717, 1.165) is 0 Å². The molecule has 1 aromatic carbocycles. The summed E-state index contributed by atoms with van der Waals surface area (Å²) in [5.41, 5.74) is 5.71. The van der Waals surface area contributed by atoms with E-state index in [1.165, 1.54) is 24.3 Å². The zero-order valence-electron chi connectivity index (χ0n) is 8.98. The van der Waals surface area contributed by atoms with Gasteiger partial charge in [-0.2, -0.15) is 0 Å². The van der Waals surface area contributed by atoms with Gasteiger partial charge in [-0.05, 0) is 30.7 Å². The third-order valence-corrected chi connectivity index (χ3v) is 4.19. The van der Waals surface area contributed by atoms with E-state index < -0.39 is 21.1 Å². The minimum Gasteiger partial charge on any atom is -0.329 e. The van der Waals surface area contributed by atoms with Gasteiger partial charge in [0.15, 0.2) is 0 Å². The van der Waals surface area contributed by atoms with Crippen LogP contribution in [0.25, 0.3) is 0 Å². The van der Waals surface area contributed by atoms with Crippen LogP contribution in [0.5, 0.6) is 0 Å². The van der Waals surface area contributed by atoms with Crippen LogP contribution in [0.2, 0.25) is 0 Å². The van der Waals surface area contributed by atoms with Crippen LogP contribution in [0.3, 0.4) is 0 Å². The standard InChI is InChI=1S/C10H15FN2O2S/c1-2-10(7-12)16(14,15)13-9-5-3-8(11)4-6-9/h3-6,10,13H,2,7,12H2,1H3. The van der Waals surface area contributed by atoms with Crippen LogP contribution in [0.4, 0.5) is 10.1 Å². The second kappa shape index (κ2) is 5.27. The van der Waals surface area contributed by atoms with Gasteiger partial charge in [-0.3, -0.25) is 4.72 Å². The summed E-state index contributed by atoms with van der Waals surface area (Å²) in [5.74, 6) is -0.409. The highest BCUT2D eigenvalue weighted by Crippen LogP contribution is 2.13. The van der Waals surface area contributed by atoms with Gasteiger partial charge >= 0.3 is 0 Å². The average Bonchev–Trinajstić information content (AvgIpc) is 2.22. The Morgan fingerprint density at radius 1 is 1.38 bits per heavy atom. The van der Waals surface area contributed by atoms with E-state index in [0.29, 0.717) is 12.1 Å². The molecule has 0 saturated heterocycles. The van der Waals surface area contributed by atoms with Crippen molar-refractivity contribution in [3.05, 3.63) is 30.1 Å². The molecule has 1 rings (SSSR count). The van der Waals surface area contributed by atoms with E-state index in [-0.39, 0.29) is 6.54 Å². The molecule has 0 aliphatic heterocycles. The second-order valence-electron chi connectivity index (χ2n) is 3.42. The molecule has 90 valence electrons. The molecule has 0 radical (unpaired) electrons. The molecule has 0 saturated carbocycles. The van der Waals surface area contributed by atoms with Crippen LogP contribution in [0.1, 0.15) is 13.3 Å².